The molecule has 0 unspecified atom stereocenters. The second-order valence-electron chi connectivity index (χ2n) is 5.12. The van der Waals surface area contributed by atoms with Crippen molar-refractivity contribution in [2.45, 2.75) is 13.1 Å². The average Bonchev–Trinajstić information content (AvgIpc) is 2.61. The Labute approximate surface area is 152 Å². The molecule has 1 amide bonds. The van der Waals surface area contributed by atoms with Crippen molar-refractivity contribution in [1.82, 2.24) is 0 Å². The summed E-state index contributed by atoms with van der Waals surface area (Å²) in [4.78, 5) is 24.4. The molecule has 2 aromatic rings. The first-order chi connectivity index (χ1) is 12.3. The SMILES string of the molecule is CCSC(=O)Nc1ccc(C(F)(F)F)cc1C(=O)c1ccc(C#N)cc1. The average molecular weight is 378 g/mol. The highest BCUT2D eigenvalue weighted by atomic mass is 32.2. The van der Waals surface area contributed by atoms with Crippen LogP contribution in [-0.2, 0) is 6.18 Å². The zero-order valence-electron chi connectivity index (χ0n) is 13.6. The highest BCUT2D eigenvalue weighted by molar-refractivity contribution is 8.13. The van der Waals surface area contributed by atoms with E-state index in [2.05, 4.69) is 5.32 Å². The molecule has 2 rings (SSSR count). The van der Waals surface area contributed by atoms with Gasteiger partial charge in [0.15, 0.2) is 5.78 Å². The lowest BCUT2D eigenvalue weighted by molar-refractivity contribution is -0.137. The summed E-state index contributed by atoms with van der Waals surface area (Å²) in [7, 11) is 0. The third-order valence-electron chi connectivity index (χ3n) is 3.38. The molecule has 0 aliphatic rings. The molecule has 0 saturated heterocycles. The maximum Gasteiger partial charge on any atom is 0.416 e. The van der Waals surface area contributed by atoms with Crippen molar-refractivity contribution in [3.63, 3.8) is 0 Å². The zero-order chi connectivity index (χ0) is 19.3. The van der Waals surface area contributed by atoms with Crippen LogP contribution in [0, 0.1) is 11.3 Å². The van der Waals surface area contributed by atoms with Gasteiger partial charge in [-0.1, -0.05) is 18.7 Å². The standard InChI is InChI=1S/C18H13F3N2O2S/c1-2-26-17(25)23-15-8-7-13(18(19,20)21)9-14(15)16(24)12-5-3-11(10-22)4-6-12/h3-9H,2H2,1H3,(H,23,25). The molecule has 0 aliphatic carbocycles. The lowest BCUT2D eigenvalue weighted by atomic mass is 9.98. The van der Waals surface area contributed by atoms with Crippen LogP contribution in [0.25, 0.3) is 0 Å². The van der Waals surface area contributed by atoms with E-state index in [1.165, 1.54) is 24.3 Å². The van der Waals surface area contributed by atoms with E-state index in [1.807, 2.05) is 6.07 Å². The first kappa shape index (κ1) is 19.5. The second-order valence-corrected chi connectivity index (χ2v) is 6.36. The van der Waals surface area contributed by atoms with Crippen LogP contribution in [0.15, 0.2) is 42.5 Å². The molecule has 1 N–H and O–H groups in total. The summed E-state index contributed by atoms with van der Waals surface area (Å²) >= 11 is 0.937. The molecule has 0 aliphatic heterocycles. The van der Waals surface area contributed by atoms with Gasteiger partial charge in [0.25, 0.3) is 5.24 Å². The van der Waals surface area contributed by atoms with E-state index in [-0.39, 0.29) is 16.8 Å². The molecular weight excluding hydrogens is 365 g/mol. The normalized spacial score (nSPS) is 10.9. The highest BCUT2D eigenvalue weighted by Crippen LogP contribution is 2.33. The number of alkyl halides is 3. The fourth-order valence-corrected chi connectivity index (χ4v) is 2.59. The lowest BCUT2D eigenvalue weighted by Gasteiger charge is -2.14. The van der Waals surface area contributed by atoms with Crippen LogP contribution in [0.5, 0.6) is 0 Å². The molecule has 0 fully saturated rings. The van der Waals surface area contributed by atoms with E-state index in [9.17, 15) is 22.8 Å². The Bertz CT molecular complexity index is 871. The smallest absolute Gasteiger partial charge is 0.316 e. The van der Waals surface area contributed by atoms with Crippen LogP contribution in [0.3, 0.4) is 0 Å². The minimum atomic E-state index is -4.62. The van der Waals surface area contributed by atoms with Gasteiger partial charge in [-0.05, 0) is 48.2 Å². The number of nitrogens with one attached hydrogen (secondary N) is 1. The predicted octanol–water partition coefficient (Wildman–Crippen LogP) is 5.09. The third-order valence-corrected chi connectivity index (χ3v) is 4.03. The van der Waals surface area contributed by atoms with Gasteiger partial charge in [-0.15, -0.1) is 0 Å². The van der Waals surface area contributed by atoms with Gasteiger partial charge in [-0.3, -0.25) is 9.59 Å². The number of carbonyl (C=O) groups is 2. The summed E-state index contributed by atoms with van der Waals surface area (Å²) in [5, 5.41) is 10.8. The van der Waals surface area contributed by atoms with Crippen LogP contribution in [0.2, 0.25) is 0 Å². The number of rotatable bonds is 4. The summed E-state index contributed by atoms with van der Waals surface area (Å²) in [5.74, 6) is -0.205. The highest BCUT2D eigenvalue weighted by Gasteiger charge is 2.32. The fourth-order valence-electron chi connectivity index (χ4n) is 2.15. The van der Waals surface area contributed by atoms with Gasteiger partial charge < -0.3 is 5.32 Å². The number of amides is 1. The Kier molecular flexibility index (Phi) is 6.05. The van der Waals surface area contributed by atoms with Crippen molar-refractivity contribution in [2.24, 2.45) is 0 Å². The number of nitrogens with zero attached hydrogens (tertiary/aromatic N) is 1. The molecule has 0 aromatic heterocycles. The van der Waals surface area contributed by atoms with Gasteiger partial charge >= 0.3 is 6.18 Å². The van der Waals surface area contributed by atoms with Crippen LogP contribution in [-0.4, -0.2) is 16.8 Å². The number of ketones is 1. The molecule has 134 valence electrons. The van der Waals surface area contributed by atoms with Gasteiger partial charge in [0.2, 0.25) is 0 Å². The first-order valence-electron chi connectivity index (χ1n) is 7.46. The van der Waals surface area contributed by atoms with Crippen molar-refractivity contribution in [1.29, 1.82) is 5.26 Å². The molecule has 8 heteroatoms. The number of nitriles is 1. The molecule has 26 heavy (non-hydrogen) atoms. The largest absolute Gasteiger partial charge is 0.416 e. The molecule has 0 atom stereocenters. The minimum Gasteiger partial charge on any atom is -0.316 e. The fraction of sp³-hybridized carbons (Fsp3) is 0.167. The van der Waals surface area contributed by atoms with Crippen molar-refractivity contribution in [3.8, 4) is 6.07 Å². The van der Waals surface area contributed by atoms with E-state index in [1.54, 1.807) is 6.92 Å². The van der Waals surface area contributed by atoms with Gasteiger partial charge in [-0.2, -0.15) is 18.4 Å². The van der Waals surface area contributed by atoms with Gasteiger partial charge in [0.05, 0.1) is 22.9 Å². The van der Waals surface area contributed by atoms with Crippen LogP contribution in [0.1, 0.15) is 34.0 Å². The number of hydrogen-bond acceptors (Lipinski definition) is 4. The minimum absolute atomic E-state index is 0.00157. The molecular formula is C18H13F3N2O2S. The molecule has 0 radical (unpaired) electrons. The lowest BCUT2D eigenvalue weighted by Crippen LogP contribution is -2.14. The van der Waals surface area contributed by atoms with Crippen molar-refractivity contribution >= 4 is 28.5 Å². The molecule has 0 saturated carbocycles. The predicted molar refractivity (Wildman–Crippen MR) is 93.2 cm³/mol. The number of halogens is 3. The monoisotopic (exact) mass is 378 g/mol. The van der Waals surface area contributed by atoms with Crippen LogP contribution < -0.4 is 5.32 Å². The first-order valence-corrected chi connectivity index (χ1v) is 8.44. The Morgan fingerprint density at radius 2 is 1.81 bits per heavy atom. The maximum atomic E-state index is 13.0. The van der Waals surface area contributed by atoms with Crippen molar-refractivity contribution in [2.75, 3.05) is 11.1 Å². The molecule has 0 heterocycles. The third kappa shape index (κ3) is 4.64. The summed E-state index contributed by atoms with van der Waals surface area (Å²) in [6, 6.07) is 9.98. The molecule has 4 nitrogen and oxygen atoms in total. The van der Waals surface area contributed by atoms with Crippen molar-refractivity contribution in [3.05, 3.63) is 64.7 Å². The number of thioether (sulfide) groups is 1. The number of carbonyl (C=O) groups excluding carboxylic acids is 2. The van der Waals surface area contributed by atoms with Crippen molar-refractivity contribution < 1.29 is 22.8 Å². The number of hydrogen-bond donors (Lipinski definition) is 1. The molecule has 0 spiro atoms. The summed E-state index contributed by atoms with van der Waals surface area (Å²) in [5.41, 5.74) is -0.830. The maximum absolute atomic E-state index is 13.0. The topological polar surface area (TPSA) is 70.0 Å². The summed E-state index contributed by atoms with van der Waals surface area (Å²) in [6.45, 7) is 1.75. The Morgan fingerprint density at radius 3 is 2.35 bits per heavy atom. The Balaban J connectivity index is 2.48. The van der Waals surface area contributed by atoms with E-state index in [0.717, 1.165) is 23.9 Å². The molecule has 2 aromatic carbocycles. The van der Waals surface area contributed by atoms with E-state index >= 15 is 0 Å². The zero-order valence-corrected chi connectivity index (χ0v) is 14.4. The van der Waals surface area contributed by atoms with Gasteiger partial charge in [-0.25, -0.2) is 0 Å². The van der Waals surface area contributed by atoms with Crippen LogP contribution >= 0.6 is 11.8 Å². The second kappa shape index (κ2) is 8.06. The Morgan fingerprint density at radius 1 is 1.15 bits per heavy atom. The van der Waals surface area contributed by atoms with Gasteiger partial charge in [0.1, 0.15) is 0 Å². The van der Waals surface area contributed by atoms with E-state index in [0.29, 0.717) is 17.4 Å². The summed E-state index contributed by atoms with van der Waals surface area (Å²) < 4.78 is 39.0. The quantitative estimate of drug-likeness (QED) is 0.752. The van der Waals surface area contributed by atoms with Gasteiger partial charge in [0, 0.05) is 11.1 Å². The summed E-state index contributed by atoms with van der Waals surface area (Å²) in [6.07, 6.45) is -4.62. The van der Waals surface area contributed by atoms with E-state index in [4.69, 9.17) is 5.26 Å². The Hall–Kier alpha value is -2.79. The van der Waals surface area contributed by atoms with Crippen LogP contribution in [0.4, 0.5) is 23.7 Å². The van der Waals surface area contributed by atoms with E-state index < -0.39 is 22.8 Å². The molecule has 0 bridgehead atoms. The number of anilines is 1. The number of benzene rings is 2.